The molecule has 1 aromatic carbocycles. The van der Waals surface area contributed by atoms with Gasteiger partial charge in [-0.1, -0.05) is 18.2 Å². The van der Waals surface area contributed by atoms with E-state index in [-0.39, 0.29) is 12.6 Å². The van der Waals surface area contributed by atoms with Crippen LogP contribution in [-0.2, 0) is 16.1 Å². The summed E-state index contributed by atoms with van der Waals surface area (Å²) in [7, 11) is 0. The average molecular weight is 303 g/mol. The first kappa shape index (κ1) is 14.5. The number of carbonyl (C=O) groups excluding carboxylic acids is 1. The van der Waals surface area contributed by atoms with Gasteiger partial charge in [-0.15, -0.1) is 23.2 Å². The van der Waals surface area contributed by atoms with Crippen LogP contribution >= 0.6 is 23.2 Å². The van der Waals surface area contributed by atoms with Gasteiger partial charge in [0.1, 0.15) is 22.1 Å². The Bertz CT molecular complexity index is 487. The van der Waals surface area contributed by atoms with E-state index in [1.165, 1.54) is 0 Å². The second-order valence-corrected chi connectivity index (χ2v) is 6.31. The molecule has 1 saturated carbocycles. The highest BCUT2D eigenvalue weighted by molar-refractivity contribution is 6.53. The largest absolute Gasteiger partial charge is 0.493 e. The molecule has 1 aliphatic rings. The topological polar surface area (TPSA) is 35.5 Å². The van der Waals surface area contributed by atoms with Crippen LogP contribution in [0.1, 0.15) is 25.8 Å². The van der Waals surface area contributed by atoms with Crippen molar-refractivity contribution in [2.75, 3.05) is 6.61 Å². The van der Waals surface area contributed by atoms with Crippen LogP contribution in [0.3, 0.4) is 0 Å². The molecule has 0 radical (unpaired) electrons. The van der Waals surface area contributed by atoms with Crippen LogP contribution < -0.4 is 4.74 Å². The molecular weight excluding hydrogens is 287 g/mol. The highest BCUT2D eigenvalue weighted by Crippen LogP contribution is 2.64. The van der Waals surface area contributed by atoms with E-state index in [0.717, 1.165) is 11.3 Å². The van der Waals surface area contributed by atoms with Gasteiger partial charge in [0, 0.05) is 12.0 Å². The van der Waals surface area contributed by atoms with Gasteiger partial charge in [0.25, 0.3) is 0 Å². The van der Waals surface area contributed by atoms with Crippen LogP contribution in [0.4, 0.5) is 0 Å². The summed E-state index contributed by atoms with van der Waals surface area (Å²) in [5.74, 6) is 0.352. The molecule has 5 heteroatoms. The van der Waals surface area contributed by atoms with E-state index in [2.05, 4.69) is 0 Å². The van der Waals surface area contributed by atoms with Crippen molar-refractivity contribution in [3.63, 3.8) is 0 Å². The molecule has 0 bridgehead atoms. The average Bonchev–Trinajstić information content (AvgIpc) is 2.89. The molecule has 0 heterocycles. The number of ether oxygens (including phenoxy) is 2. The maximum atomic E-state index is 12.0. The third-order valence-electron chi connectivity index (χ3n) is 3.34. The number of hydrogen-bond acceptors (Lipinski definition) is 3. The molecule has 0 saturated heterocycles. The van der Waals surface area contributed by atoms with Gasteiger partial charge in [0.15, 0.2) is 0 Å². The summed E-state index contributed by atoms with van der Waals surface area (Å²) in [6.07, 6.45) is 0.426. The Morgan fingerprint density at radius 3 is 2.58 bits per heavy atom. The number of carbonyl (C=O) groups is 1. The monoisotopic (exact) mass is 302 g/mol. The minimum Gasteiger partial charge on any atom is -0.493 e. The maximum absolute atomic E-state index is 12.0. The van der Waals surface area contributed by atoms with Crippen molar-refractivity contribution in [1.29, 1.82) is 0 Å². The first-order valence-corrected chi connectivity index (χ1v) is 6.92. The number of alkyl halides is 2. The lowest BCUT2D eigenvalue weighted by Gasteiger charge is -2.14. The van der Waals surface area contributed by atoms with Crippen molar-refractivity contribution >= 4 is 29.2 Å². The van der Waals surface area contributed by atoms with Crippen LogP contribution in [0.5, 0.6) is 5.75 Å². The van der Waals surface area contributed by atoms with E-state index in [1.807, 2.05) is 31.2 Å². The SMILES string of the molecule is CCOc1ccccc1COC(=O)C1(C)CC1(Cl)Cl. The second kappa shape index (κ2) is 5.22. The van der Waals surface area contributed by atoms with Gasteiger partial charge in [-0.25, -0.2) is 0 Å². The zero-order valence-electron chi connectivity index (χ0n) is 10.9. The normalized spacial score (nSPS) is 23.8. The van der Waals surface area contributed by atoms with Crippen LogP contribution in [0.15, 0.2) is 24.3 Å². The maximum Gasteiger partial charge on any atom is 0.315 e. The molecule has 1 fully saturated rings. The molecule has 19 heavy (non-hydrogen) atoms. The Kier molecular flexibility index (Phi) is 3.98. The molecule has 2 rings (SSSR count). The minimum atomic E-state index is -0.997. The van der Waals surface area contributed by atoms with Crippen molar-refractivity contribution in [3.8, 4) is 5.75 Å². The molecule has 1 atom stereocenters. The van der Waals surface area contributed by atoms with Gasteiger partial charge in [0.2, 0.25) is 0 Å². The molecule has 1 unspecified atom stereocenters. The number of esters is 1. The Hall–Kier alpha value is -0.930. The Labute approximate surface area is 122 Å². The van der Waals surface area contributed by atoms with Gasteiger partial charge >= 0.3 is 5.97 Å². The van der Waals surface area contributed by atoms with Crippen molar-refractivity contribution in [2.24, 2.45) is 5.41 Å². The number of rotatable bonds is 5. The van der Waals surface area contributed by atoms with E-state index in [1.54, 1.807) is 6.92 Å². The van der Waals surface area contributed by atoms with Crippen LogP contribution in [-0.4, -0.2) is 16.9 Å². The van der Waals surface area contributed by atoms with Crippen molar-refractivity contribution < 1.29 is 14.3 Å². The van der Waals surface area contributed by atoms with E-state index in [9.17, 15) is 4.79 Å². The second-order valence-electron chi connectivity index (χ2n) is 4.83. The minimum absolute atomic E-state index is 0.161. The summed E-state index contributed by atoms with van der Waals surface area (Å²) in [5.41, 5.74) is 0.0353. The predicted molar refractivity (Wildman–Crippen MR) is 74.6 cm³/mol. The molecule has 0 amide bonds. The van der Waals surface area contributed by atoms with Gasteiger partial charge in [-0.05, 0) is 19.9 Å². The standard InChI is InChI=1S/C14H16Cl2O3/c1-3-18-11-7-5-4-6-10(11)8-19-12(17)13(2)9-14(13,15)16/h4-7H,3,8-9H2,1-2H3. The fourth-order valence-corrected chi connectivity index (χ4v) is 2.53. The summed E-state index contributed by atoms with van der Waals surface area (Å²) in [4.78, 5) is 12.0. The van der Waals surface area contributed by atoms with Crippen LogP contribution in [0.2, 0.25) is 0 Å². The Morgan fingerprint density at radius 2 is 2.00 bits per heavy atom. The molecule has 1 aliphatic carbocycles. The summed E-state index contributed by atoms with van der Waals surface area (Å²) >= 11 is 11.9. The van der Waals surface area contributed by atoms with Crippen LogP contribution in [0.25, 0.3) is 0 Å². The van der Waals surface area contributed by atoms with E-state index < -0.39 is 9.75 Å². The third kappa shape index (κ3) is 2.82. The number of para-hydroxylation sites is 1. The fourth-order valence-electron chi connectivity index (χ4n) is 1.84. The van der Waals surface area contributed by atoms with E-state index in [0.29, 0.717) is 13.0 Å². The molecule has 0 spiro atoms. The molecule has 104 valence electrons. The molecule has 0 aliphatic heterocycles. The lowest BCUT2D eigenvalue weighted by atomic mass is 10.1. The molecular formula is C14H16Cl2O3. The molecule has 1 aromatic rings. The zero-order valence-corrected chi connectivity index (χ0v) is 12.4. The van der Waals surface area contributed by atoms with Crippen LogP contribution in [0, 0.1) is 5.41 Å². The highest BCUT2D eigenvalue weighted by Gasteiger charge is 2.69. The Morgan fingerprint density at radius 1 is 1.37 bits per heavy atom. The lowest BCUT2D eigenvalue weighted by Crippen LogP contribution is -2.21. The van der Waals surface area contributed by atoms with Crippen molar-refractivity contribution in [2.45, 2.75) is 31.2 Å². The quantitative estimate of drug-likeness (QED) is 0.614. The molecule has 3 nitrogen and oxygen atoms in total. The summed E-state index contributed by atoms with van der Waals surface area (Å²) in [6, 6.07) is 7.46. The van der Waals surface area contributed by atoms with Gasteiger partial charge in [0.05, 0.1) is 6.61 Å². The third-order valence-corrected chi connectivity index (χ3v) is 4.44. The number of benzene rings is 1. The fraction of sp³-hybridized carbons (Fsp3) is 0.500. The van der Waals surface area contributed by atoms with Gasteiger partial charge in [-0.3, -0.25) is 4.79 Å². The molecule has 0 N–H and O–H groups in total. The summed E-state index contributed by atoms with van der Waals surface area (Å²) in [6.45, 7) is 4.34. The number of halogens is 2. The predicted octanol–water partition coefficient (Wildman–Crippen LogP) is 3.71. The van der Waals surface area contributed by atoms with Crippen molar-refractivity contribution in [3.05, 3.63) is 29.8 Å². The van der Waals surface area contributed by atoms with E-state index >= 15 is 0 Å². The smallest absolute Gasteiger partial charge is 0.315 e. The first-order chi connectivity index (χ1) is 8.90. The Balaban J connectivity index is 1.98. The first-order valence-electron chi connectivity index (χ1n) is 6.16. The lowest BCUT2D eigenvalue weighted by molar-refractivity contribution is -0.151. The molecule has 0 aromatic heterocycles. The highest BCUT2D eigenvalue weighted by atomic mass is 35.5. The van der Waals surface area contributed by atoms with Crippen molar-refractivity contribution in [1.82, 2.24) is 0 Å². The van der Waals surface area contributed by atoms with Gasteiger partial charge in [-0.2, -0.15) is 0 Å². The van der Waals surface area contributed by atoms with Gasteiger partial charge < -0.3 is 9.47 Å². The van der Waals surface area contributed by atoms with E-state index in [4.69, 9.17) is 32.7 Å². The summed E-state index contributed by atoms with van der Waals surface area (Å²) in [5, 5.41) is 0. The number of hydrogen-bond donors (Lipinski definition) is 0. The zero-order chi connectivity index (χ0) is 14.1. The summed E-state index contributed by atoms with van der Waals surface area (Å²) < 4.78 is 9.76.